The van der Waals surface area contributed by atoms with Crippen LogP contribution in [0.25, 0.3) is 11.4 Å². The molecule has 1 aromatic heterocycles. The number of aliphatic hydroxyl groups is 1. The molecule has 3 unspecified atom stereocenters. The van der Waals surface area contributed by atoms with Crippen molar-refractivity contribution < 1.29 is 22.8 Å². The first-order chi connectivity index (χ1) is 15.4. The Morgan fingerprint density at radius 3 is 2.25 bits per heavy atom. The molecule has 2 aromatic rings. The fourth-order valence-electron chi connectivity index (χ4n) is 5.48. The van der Waals surface area contributed by atoms with Crippen LogP contribution in [-0.2, 0) is 6.18 Å². The number of hydrogen-bond acceptors (Lipinski definition) is 4. The van der Waals surface area contributed by atoms with Crippen molar-refractivity contribution in [3.8, 4) is 11.4 Å². The summed E-state index contributed by atoms with van der Waals surface area (Å²) >= 11 is 0. The van der Waals surface area contributed by atoms with E-state index >= 15 is 0 Å². The van der Waals surface area contributed by atoms with Crippen LogP contribution < -0.4 is 0 Å². The Morgan fingerprint density at radius 1 is 0.875 bits per heavy atom. The summed E-state index contributed by atoms with van der Waals surface area (Å²) in [5.41, 5.74) is -0.412. The quantitative estimate of drug-likeness (QED) is 0.503. The molecular formula is C25H33F3N2O2. The lowest BCUT2D eigenvalue weighted by molar-refractivity contribution is -0.137. The molecule has 1 N–H and O–H groups in total. The van der Waals surface area contributed by atoms with Crippen LogP contribution in [0.5, 0.6) is 0 Å². The van der Waals surface area contributed by atoms with E-state index in [4.69, 9.17) is 4.52 Å². The van der Waals surface area contributed by atoms with E-state index in [1.807, 2.05) is 0 Å². The normalized spacial score (nSPS) is 25.0. The maximum Gasteiger partial charge on any atom is 0.416 e. The highest BCUT2D eigenvalue weighted by atomic mass is 19.4. The summed E-state index contributed by atoms with van der Waals surface area (Å²) in [5.74, 6) is 1.50. The van der Waals surface area contributed by atoms with Crippen molar-refractivity contribution in [3.63, 3.8) is 0 Å². The van der Waals surface area contributed by atoms with Gasteiger partial charge < -0.3 is 9.63 Å². The van der Waals surface area contributed by atoms with Gasteiger partial charge in [-0.05, 0) is 62.5 Å². The van der Waals surface area contributed by atoms with Crippen LogP contribution in [0.15, 0.2) is 28.8 Å². The second-order valence-electron chi connectivity index (χ2n) is 9.60. The van der Waals surface area contributed by atoms with Crippen LogP contribution in [0.4, 0.5) is 13.2 Å². The summed E-state index contributed by atoms with van der Waals surface area (Å²) in [6, 6.07) is 5.04. The maximum absolute atomic E-state index is 13.0. The molecule has 2 aliphatic rings. The Hall–Kier alpha value is -1.89. The lowest BCUT2D eigenvalue weighted by Gasteiger charge is -2.31. The van der Waals surface area contributed by atoms with Gasteiger partial charge in [-0.1, -0.05) is 55.8 Å². The smallest absolute Gasteiger partial charge is 0.393 e. The molecule has 1 heterocycles. The average Bonchev–Trinajstić information content (AvgIpc) is 3.08. The minimum atomic E-state index is -4.41. The van der Waals surface area contributed by atoms with Gasteiger partial charge in [-0.2, -0.15) is 18.2 Å². The van der Waals surface area contributed by atoms with Crippen LogP contribution in [0.3, 0.4) is 0 Å². The molecule has 7 heteroatoms. The number of alkyl halides is 3. The zero-order valence-corrected chi connectivity index (χ0v) is 18.5. The molecule has 4 nitrogen and oxygen atoms in total. The summed E-state index contributed by atoms with van der Waals surface area (Å²) in [5, 5.41) is 15.1. The highest BCUT2D eigenvalue weighted by Gasteiger charge is 2.32. The number of benzene rings is 1. The molecular weight excluding hydrogens is 417 g/mol. The van der Waals surface area contributed by atoms with Crippen LogP contribution in [0, 0.1) is 11.8 Å². The van der Waals surface area contributed by atoms with Crippen LogP contribution in [-0.4, -0.2) is 21.4 Å². The summed E-state index contributed by atoms with van der Waals surface area (Å²) in [6.45, 7) is 0. The van der Waals surface area contributed by atoms with Crippen molar-refractivity contribution in [2.75, 3.05) is 0 Å². The number of hydrogen-bond donors (Lipinski definition) is 1. The first kappa shape index (κ1) is 23.3. The first-order valence-electron chi connectivity index (χ1n) is 12.1. The van der Waals surface area contributed by atoms with Gasteiger partial charge in [0.15, 0.2) is 0 Å². The molecule has 2 fully saturated rings. The molecule has 3 atom stereocenters. The highest BCUT2D eigenvalue weighted by Crippen LogP contribution is 2.38. The van der Waals surface area contributed by atoms with Gasteiger partial charge in [0.1, 0.15) is 0 Å². The van der Waals surface area contributed by atoms with Gasteiger partial charge in [-0.3, -0.25) is 0 Å². The molecule has 1 aromatic carbocycles. The molecule has 2 aliphatic carbocycles. The van der Waals surface area contributed by atoms with Crippen molar-refractivity contribution in [2.45, 2.75) is 95.2 Å². The van der Waals surface area contributed by atoms with Crippen LogP contribution >= 0.6 is 0 Å². The van der Waals surface area contributed by atoms with Crippen molar-refractivity contribution in [1.29, 1.82) is 0 Å². The Morgan fingerprint density at radius 2 is 1.53 bits per heavy atom. The summed E-state index contributed by atoms with van der Waals surface area (Å²) in [7, 11) is 0. The molecule has 0 spiro atoms. The molecule has 0 radical (unpaired) electrons. The Labute approximate surface area is 187 Å². The monoisotopic (exact) mass is 450 g/mol. The number of aromatic nitrogens is 2. The predicted octanol–water partition coefficient (Wildman–Crippen LogP) is 7.14. The van der Waals surface area contributed by atoms with E-state index < -0.39 is 11.7 Å². The predicted molar refractivity (Wildman–Crippen MR) is 116 cm³/mol. The van der Waals surface area contributed by atoms with Crippen LogP contribution in [0.1, 0.15) is 94.4 Å². The van der Waals surface area contributed by atoms with E-state index in [-0.39, 0.29) is 17.8 Å². The zero-order chi connectivity index (χ0) is 22.6. The van der Waals surface area contributed by atoms with Crippen LogP contribution in [0.2, 0.25) is 0 Å². The van der Waals surface area contributed by atoms with E-state index in [2.05, 4.69) is 10.1 Å². The molecule has 176 valence electrons. The van der Waals surface area contributed by atoms with E-state index in [1.165, 1.54) is 31.7 Å². The minimum Gasteiger partial charge on any atom is -0.393 e. The van der Waals surface area contributed by atoms with Gasteiger partial charge in [-0.15, -0.1) is 0 Å². The lowest BCUT2D eigenvalue weighted by atomic mass is 9.77. The van der Waals surface area contributed by atoms with Gasteiger partial charge in [0.25, 0.3) is 0 Å². The molecule has 0 aliphatic heterocycles. The molecule has 0 amide bonds. The number of aliphatic hydroxyl groups excluding tert-OH is 1. The SMILES string of the molecule is OC(C1CCCCCC1)C1CCCCC(c2nc(-c3cccc(C(F)(F)F)c3)no2)CC1. The summed E-state index contributed by atoms with van der Waals surface area (Å²) in [4.78, 5) is 4.46. The van der Waals surface area contributed by atoms with E-state index in [1.54, 1.807) is 6.07 Å². The van der Waals surface area contributed by atoms with E-state index in [0.29, 0.717) is 23.3 Å². The van der Waals surface area contributed by atoms with Crippen molar-refractivity contribution in [1.82, 2.24) is 10.1 Å². The average molecular weight is 451 g/mol. The summed E-state index contributed by atoms with van der Waals surface area (Å²) in [6.07, 6.45) is 8.47. The van der Waals surface area contributed by atoms with Gasteiger partial charge in [0.05, 0.1) is 11.7 Å². The number of nitrogens with zero attached hydrogens (tertiary/aromatic N) is 2. The van der Waals surface area contributed by atoms with Crippen molar-refractivity contribution >= 4 is 0 Å². The zero-order valence-electron chi connectivity index (χ0n) is 18.5. The Bertz CT molecular complexity index is 859. The number of halogens is 3. The third-order valence-electron chi connectivity index (χ3n) is 7.37. The fourth-order valence-corrected chi connectivity index (χ4v) is 5.48. The van der Waals surface area contributed by atoms with Crippen molar-refractivity contribution in [2.24, 2.45) is 11.8 Å². The Kier molecular flexibility index (Phi) is 7.54. The second-order valence-corrected chi connectivity index (χ2v) is 9.60. The van der Waals surface area contributed by atoms with Crippen molar-refractivity contribution in [3.05, 3.63) is 35.7 Å². The topological polar surface area (TPSA) is 59.2 Å². The third-order valence-corrected chi connectivity index (χ3v) is 7.37. The molecule has 32 heavy (non-hydrogen) atoms. The molecule has 2 saturated carbocycles. The van der Waals surface area contributed by atoms with E-state index in [0.717, 1.165) is 63.5 Å². The third kappa shape index (κ3) is 5.72. The lowest BCUT2D eigenvalue weighted by Crippen LogP contribution is -2.30. The highest BCUT2D eigenvalue weighted by molar-refractivity contribution is 5.55. The first-order valence-corrected chi connectivity index (χ1v) is 12.1. The van der Waals surface area contributed by atoms with Gasteiger partial charge in [0, 0.05) is 11.5 Å². The molecule has 0 saturated heterocycles. The molecule has 4 rings (SSSR count). The standard InChI is InChI=1S/C25H33F3N2O2/c26-25(27,28)21-13-7-12-20(16-21)23-29-24(32-30-23)19-11-6-5-10-18(14-15-19)22(31)17-8-3-1-2-4-9-17/h7,12-13,16-19,22,31H,1-6,8-11,14-15H2. The largest absolute Gasteiger partial charge is 0.416 e. The number of rotatable bonds is 4. The van der Waals surface area contributed by atoms with E-state index in [9.17, 15) is 18.3 Å². The second kappa shape index (κ2) is 10.4. The van der Waals surface area contributed by atoms with Gasteiger partial charge >= 0.3 is 6.18 Å². The summed E-state index contributed by atoms with van der Waals surface area (Å²) < 4.78 is 44.6. The fraction of sp³-hybridized carbons (Fsp3) is 0.680. The Balaban J connectivity index is 1.43. The minimum absolute atomic E-state index is 0.0891. The molecule has 0 bridgehead atoms. The van der Waals surface area contributed by atoms with Gasteiger partial charge in [-0.25, -0.2) is 0 Å². The maximum atomic E-state index is 13.0. The van der Waals surface area contributed by atoms with Gasteiger partial charge in [0.2, 0.25) is 11.7 Å².